The molecule has 1 aromatic heterocycles. The van der Waals surface area contributed by atoms with Crippen LogP contribution in [0.3, 0.4) is 0 Å². The second-order valence-corrected chi connectivity index (χ2v) is 10.6. The van der Waals surface area contributed by atoms with Crippen LogP contribution in [0.4, 0.5) is 11.4 Å². The van der Waals surface area contributed by atoms with E-state index in [-0.39, 0.29) is 12.2 Å². The first kappa shape index (κ1) is 26.6. The molecule has 210 valence electrons. The molecule has 1 saturated carbocycles. The number of nitrogens with one attached hydrogen (secondary N) is 1. The van der Waals surface area contributed by atoms with Crippen molar-refractivity contribution in [3.05, 3.63) is 78.0 Å². The number of carboxylic acid groups (broad SMARTS) is 1. The van der Waals surface area contributed by atoms with E-state index in [1.54, 1.807) is 0 Å². The quantitative estimate of drug-likeness (QED) is 0.232. The number of aryl methyl sites for hydroxylation is 1. The number of Topliss-reactive ketones (excluding diaryl/α,β-unsaturated/α-hetero) is 1. The van der Waals surface area contributed by atoms with E-state index < -0.39 is 17.4 Å². The minimum atomic E-state index is -1.45. The molecule has 2 aliphatic rings. The maximum Gasteiger partial charge on any atom is 0.374 e. The van der Waals surface area contributed by atoms with Crippen molar-refractivity contribution in [2.75, 3.05) is 16.8 Å². The lowest BCUT2D eigenvalue weighted by Crippen LogP contribution is -2.40. The number of carbonyl (C=O) groups is 2. The first-order valence-electron chi connectivity index (χ1n) is 14.2. The number of nitrogens with zero attached hydrogens (tertiary/aromatic N) is 2. The molecular weight excluding hydrogens is 518 g/mol. The molecule has 1 N–H and O–H groups in total. The van der Waals surface area contributed by atoms with E-state index in [4.69, 9.17) is 9.15 Å². The van der Waals surface area contributed by atoms with E-state index in [2.05, 4.69) is 65.9 Å². The first-order valence-corrected chi connectivity index (χ1v) is 14.2. The summed E-state index contributed by atoms with van der Waals surface area (Å²) in [6, 6.07) is 17.6. The molecule has 41 heavy (non-hydrogen) atoms. The summed E-state index contributed by atoms with van der Waals surface area (Å²) in [6.07, 6.45) is 5.11. The van der Waals surface area contributed by atoms with E-state index in [0.717, 1.165) is 52.3 Å². The van der Waals surface area contributed by atoms with E-state index in [1.165, 1.54) is 12.3 Å². The van der Waals surface area contributed by atoms with Gasteiger partial charge in [-0.1, -0.05) is 31.2 Å². The summed E-state index contributed by atoms with van der Waals surface area (Å²) < 4.78 is 14.8. The summed E-state index contributed by atoms with van der Waals surface area (Å²) >= 11 is 0. The number of fused-ring (bicyclic) bond motifs is 4. The number of hydrogen-bond donors (Lipinski definition) is 1. The van der Waals surface area contributed by atoms with Gasteiger partial charge in [0.2, 0.25) is 11.5 Å². The number of rotatable bonds is 9. The highest BCUT2D eigenvalue weighted by atomic mass is 16.5. The van der Waals surface area contributed by atoms with Gasteiger partial charge in [0, 0.05) is 24.4 Å². The number of anilines is 2. The summed E-state index contributed by atoms with van der Waals surface area (Å²) in [5, 5.41) is 17.2. The maximum absolute atomic E-state index is 12.0. The number of carbonyl (C=O) groups excluding carboxylic acids is 2. The summed E-state index contributed by atoms with van der Waals surface area (Å²) in [6.45, 7) is 9.02. The van der Waals surface area contributed by atoms with Crippen LogP contribution in [-0.4, -0.2) is 24.3 Å². The van der Waals surface area contributed by atoms with Crippen LogP contribution in [0.2, 0.25) is 0 Å². The van der Waals surface area contributed by atoms with Crippen LogP contribution in [0.25, 0.3) is 27.9 Å². The molecule has 4 aromatic rings. The Kier molecular flexibility index (Phi) is 6.56. The average Bonchev–Trinajstić information content (AvgIpc) is 3.44. The van der Waals surface area contributed by atoms with Gasteiger partial charge in [0.1, 0.15) is 12.3 Å². The van der Waals surface area contributed by atoms with Crippen molar-refractivity contribution in [1.29, 1.82) is 0 Å². The lowest BCUT2D eigenvalue weighted by atomic mass is 10.0. The molecule has 6 rings (SSSR count). The number of aromatic nitrogens is 1. The standard InChI is InChI=1S/C33H33N3O5/c1-5-21(17-30-36(7-3)31-24-11-9-8-10-22(24)12-14-27(31)41-30)16-29-35(6-2)25-18-23(13-15-26(25)40-29)34-28-19-33(28,20(4)37)32(38)39/h8-18,28,34H,5-7,19H2,1-4H3. The van der Waals surface area contributed by atoms with E-state index in [0.29, 0.717) is 18.2 Å². The minimum absolute atomic E-state index is 0.223. The zero-order valence-corrected chi connectivity index (χ0v) is 23.7. The van der Waals surface area contributed by atoms with E-state index in [1.807, 2.05) is 36.4 Å². The van der Waals surface area contributed by atoms with Crippen molar-refractivity contribution in [2.45, 2.75) is 53.1 Å². The summed E-state index contributed by atoms with van der Waals surface area (Å²) in [5.41, 5.74) is 3.13. The number of hydrogen-bond acceptors (Lipinski definition) is 7. The Morgan fingerprint density at radius 3 is 2.63 bits per heavy atom. The van der Waals surface area contributed by atoms with Gasteiger partial charge < -0.3 is 29.3 Å². The molecule has 8 heteroatoms. The second-order valence-electron chi connectivity index (χ2n) is 10.6. The van der Waals surface area contributed by atoms with Crippen LogP contribution in [0.1, 0.15) is 46.4 Å². The van der Waals surface area contributed by atoms with Gasteiger partial charge in [-0.3, -0.25) is 4.79 Å². The summed E-state index contributed by atoms with van der Waals surface area (Å²) in [5.74, 6) is 0.487. The first-order chi connectivity index (χ1) is 19.8. The third kappa shape index (κ3) is 4.34. The van der Waals surface area contributed by atoms with Gasteiger partial charge in [-0.05, 0) is 74.9 Å². The van der Waals surface area contributed by atoms with Crippen molar-refractivity contribution >= 4 is 51.1 Å². The number of ether oxygens (including phenoxy) is 1. The van der Waals surface area contributed by atoms with Gasteiger partial charge in [-0.25, -0.2) is 0 Å². The van der Waals surface area contributed by atoms with E-state index >= 15 is 0 Å². The van der Waals surface area contributed by atoms with Gasteiger partial charge in [0.05, 0.1) is 28.5 Å². The predicted molar refractivity (Wildman–Crippen MR) is 156 cm³/mol. The van der Waals surface area contributed by atoms with Gasteiger partial charge in [0.25, 0.3) is 5.52 Å². The number of benzene rings is 3. The highest BCUT2D eigenvalue weighted by Gasteiger charge is 2.59. The van der Waals surface area contributed by atoms with Gasteiger partial charge in [-0.15, -0.1) is 0 Å². The Balaban J connectivity index is 1.31. The van der Waals surface area contributed by atoms with Crippen LogP contribution in [-0.2, 0) is 16.1 Å². The average molecular weight is 552 g/mol. The number of aliphatic carboxylic acids is 1. The van der Waals surface area contributed by atoms with Crippen molar-refractivity contribution < 1.29 is 28.4 Å². The fourth-order valence-corrected chi connectivity index (χ4v) is 5.88. The number of allylic oxidation sites excluding steroid dienone is 2. The molecule has 1 aliphatic heterocycles. The molecule has 1 aliphatic carbocycles. The smallest absolute Gasteiger partial charge is 0.374 e. The summed E-state index contributed by atoms with van der Waals surface area (Å²) in [4.78, 5) is 25.7. The molecule has 1 fully saturated rings. The van der Waals surface area contributed by atoms with Gasteiger partial charge in [0.15, 0.2) is 5.75 Å². The van der Waals surface area contributed by atoms with Crippen molar-refractivity contribution in [3.8, 4) is 5.75 Å². The monoisotopic (exact) mass is 551 g/mol. The second kappa shape index (κ2) is 10.1. The molecule has 0 bridgehead atoms. The fraction of sp³-hybridized carbons (Fsp3) is 0.303. The zero-order chi connectivity index (χ0) is 28.9. The van der Waals surface area contributed by atoms with Crippen molar-refractivity contribution in [3.63, 3.8) is 0 Å². The third-order valence-electron chi connectivity index (χ3n) is 8.30. The molecule has 0 amide bonds. The molecule has 8 nitrogen and oxygen atoms in total. The van der Waals surface area contributed by atoms with Crippen LogP contribution in [0.5, 0.6) is 5.75 Å². The molecule has 0 spiro atoms. The largest absolute Gasteiger partial charge is 0.549 e. The number of ketones is 1. The highest BCUT2D eigenvalue weighted by Crippen LogP contribution is 2.49. The molecule has 2 heterocycles. The Labute approximate surface area is 238 Å². The predicted octanol–water partition coefficient (Wildman–Crippen LogP) is 4.96. The lowest BCUT2D eigenvalue weighted by molar-refractivity contribution is -0.673. The molecule has 2 atom stereocenters. The zero-order valence-electron chi connectivity index (χ0n) is 23.7. The lowest BCUT2D eigenvalue weighted by Gasteiger charge is -2.18. The number of oxazole rings is 1. The SMILES string of the molecule is CCC(/C=C1\Oc2ccc(NC3CC3(C(C)=O)C(=O)[O-])cc2N1CC)=C\c1oc2ccc3ccccc3c2[n+]1CC. The van der Waals surface area contributed by atoms with Gasteiger partial charge in [-0.2, -0.15) is 4.57 Å². The van der Waals surface area contributed by atoms with Crippen LogP contribution in [0, 0.1) is 5.41 Å². The van der Waals surface area contributed by atoms with Crippen LogP contribution < -0.4 is 24.6 Å². The highest BCUT2D eigenvalue weighted by molar-refractivity contribution is 6.06. The Morgan fingerprint density at radius 1 is 1.15 bits per heavy atom. The van der Waals surface area contributed by atoms with Crippen molar-refractivity contribution in [2.24, 2.45) is 5.41 Å². The Bertz CT molecular complexity index is 1750. The third-order valence-corrected chi connectivity index (χ3v) is 8.30. The molecule has 0 saturated heterocycles. The Morgan fingerprint density at radius 2 is 1.95 bits per heavy atom. The fourth-order valence-electron chi connectivity index (χ4n) is 5.88. The maximum atomic E-state index is 12.0. The number of carboxylic acids is 1. The molecular formula is C33H33N3O5. The van der Waals surface area contributed by atoms with Crippen molar-refractivity contribution in [1.82, 2.24) is 0 Å². The summed E-state index contributed by atoms with van der Waals surface area (Å²) in [7, 11) is 0. The normalized spacial score (nSPS) is 20.9. The van der Waals surface area contributed by atoms with Crippen LogP contribution >= 0.6 is 0 Å². The molecule has 2 unspecified atom stereocenters. The molecule has 3 aromatic carbocycles. The Hall–Kier alpha value is -4.59. The van der Waals surface area contributed by atoms with E-state index in [9.17, 15) is 14.7 Å². The topological polar surface area (TPSA) is 98.7 Å². The molecule has 0 radical (unpaired) electrons. The van der Waals surface area contributed by atoms with Crippen LogP contribution in [0.15, 0.2) is 76.5 Å². The minimum Gasteiger partial charge on any atom is -0.549 e. The van der Waals surface area contributed by atoms with Gasteiger partial charge >= 0.3 is 5.89 Å².